The van der Waals surface area contributed by atoms with Gasteiger partial charge in [-0.15, -0.1) is 13.2 Å². The summed E-state index contributed by atoms with van der Waals surface area (Å²) in [4.78, 5) is 8.22. The van der Waals surface area contributed by atoms with Crippen LogP contribution in [0.25, 0.3) is 11.3 Å². The average molecular weight is 321 g/mol. The molecule has 1 aromatic heterocycles. The van der Waals surface area contributed by atoms with Crippen molar-refractivity contribution in [1.29, 1.82) is 0 Å². The number of nitrogens with zero attached hydrogens (tertiary/aromatic N) is 2. The lowest BCUT2D eigenvalue weighted by Gasteiger charge is -2.09. The van der Waals surface area contributed by atoms with E-state index in [2.05, 4.69) is 14.7 Å². The number of hydrogen-bond acceptors (Lipinski definition) is 4. The smallest absolute Gasteiger partial charge is 0.406 e. The van der Waals surface area contributed by atoms with Gasteiger partial charge in [0.05, 0.1) is 5.69 Å². The highest BCUT2D eigenvalue weighted by Crippen LogP contribution is 2.27. The van der Waals surface area contributed by atoms with Crippen molar-refractivity contribution in [2.45, 2.75) is 11.5 Å². The Labute approximate surface area is 122 Å². The number of alkyl halides is 3. The molecule has 106 valence electrons. The lowest BCUT2D eigenvalue weighted by atomic mass is 10.1. The van der Waals surface area contributed by atoms with Crippen LogP contribution in [-0.4, -0.2) is 22.6 Å². The molecule has 2 rings (SSSR count). The zero-order valence-corrected chi connectivity index (χ0v) is 11.7. The SMILES string of the molecule is CSc1nc(Cl)cc(-c2ccc(OC(F)(F)F)cc2)n1. The molecule has 0 amide bonds. The van der Waals surface area contributed by atoms with E-state index >= 15 is 0 Å². The van der Waals surface area contributed by atoms with Gasteiger partial charge in [-0.2, -0.15) is 0 Å². The number of ether oxygens (including phenoxy) is 1. The standard InChI is InChI=1S/C12H8ClF3N2OS/c1-20-11-17-9(6-10(13)18-11)7-2-4-8(5-3-7)19-12(14,15)16/h2-6H,1H3. The predicted octanol–water partition coefficient (Wildman–Crippen LogP) is 4.42. The number of benzene rings is 1. The van der Waals surface area contributed by atoms with Gasteiger partial charge >= 0.3 is 6.36 Å². The fourth-order valence-electron chi connectivity index (χ4n) is 1.46. The van der Waals surface area contributed by atoms with Crippen LogP contribution in [0, 0.1) is 0 Å². The predicted molar refractivity (Wildman–Crippen MR) is 70.9 cm³/mol. The molecule has 8 heteroatoms. The van der Waals surface area contributed by atoms with E-state index in [4.69, 9.17) is 11.6 Å². The third-order valence-corrected chi connectivity index (χ3v) is 2.98. The molecular weight excluding hydrogens is 313 g/mol. The molecule has 0 saturated carbocycles. The van der Waals surface area contributed by atoms with E-state index in [0.29, 0.717) is 16.4 Å². The summed E-state index contributed by atoms with van der Waals surface area (Å²) in [5.74, 6) is -0.286. The molecule has 0 aliphatic rings. The Morgan fingerprint density at radius 1 is 1.15 bits per heavy atom. The van der Waals surface area contributed by atoms with Gasteiger partial charge in [-0.25, -0.2) is 9.97 Å². The Morgan fingerprint density at radius 3 is 2.35 bits per heavy atom. The van der Waals surface area contributed by atoms with E-state index in [0.717, 1.165) is 0 Å². The quantitative estimate of drug-likeness (QED) is 0.476. The number of hydrogen-bond donors (Lipinski definition) is 0. The van der Waals surface area contributed by atoms with Crippen LogP contribution >= 0.6 is 23.4 Å². The molecule has 0 saturated heterocycles. The van der Waals surface area contributed by atoms with Gasteiger partial charge in [0.1, 0.15) is 10.9 Å². The fourth-order valence-corrected chi connectivity index (χ4v) is 2.08. The summed E-state index contributed by atoms with van der Waals surface area (Å²) in [6.45, 7) is 0. The molecule has 0 spiro atoms. The number of aromatic nitrogens is 2. The summed E-state index contributed by atoms with van der Waals surface area (Å²) in [5, 5.41) is 0.762. The lowest BCUT2D eigenvalue weighted by molar-refractivity contribution is -0.274. The zero-order chi connectivity index (χ0) is 14.8. The van der Waals surface area contributed by atoms with Crippen molar-refractivity contribution >= 4 is 23.4 Å². The molecule has 0 aliphatic heterocycles. The first-order valence-electron chi connectivity index (χ1n) is 5.32. The van der Waals surface area contributed by atoms with Gasteiger partial charge in [-0.1, -0.05) is 23.4 Å². The van der Waals surface area contributed by atoms with Gasteiger partial charge in [-0.3, -0.25) is 0 Å². The highest BCUT2D eigenvalue weighted by atomic mass is 35.5. The number of thioether (sulfide) groups is 1. The molecular formula is C12H8ClF3N2OS. The molecule has 1 aromatic carbocycles. The van der Waals surface area contributed by atoms with Crippen LogP contribution in [0.15, 0.2) is 35.5 Å². The second-order valence-corrected chi connectivity index (χ2v) is 4.80. The molecule has 0 N–H and O–H groups in total. The van der Waals surface area contributed by atoms with Crippen LogP contribution in [0.5, 0.6) is 5.75 Å². The summed E-state index contributed by atoms with van der Waals surface area (Å²) < 4.78 is 40.0. The van der Waals surface area contributed by atoms with Crippen molar-refractivity contribution in [3.63, 3.8) is 0 Å². The van der Waals surface area contributed by atoms with Crippen LogP contribution in [0.2, 0.25) is 5.15 Å². The Balaban J connectivity index is 2.28. The Morgan fingerprint density at radius 2 is 1.80 bits per heavy atom. The zero-order valence-electron chi connectivity index (χ0n) is 10.1. The molecule has 3 nitrogen and oxygen atoms in total. The first-order chi connectivity index (χ1) is 9.37. The van der Waals surface area contributed by atoms with E-state index < -0.39 is 6.36 Å². The van der Waals surface area contributed by atoms with Gasteiger partial charge in [0.25, 0.3) is 0 Å². The van der Waals surface area contributed by atoms with Crippen LogP contribution in [0.3, 0.4) is 0 Å². The fraction of sp³-hybridized carbons (Fsp3) is 0.167. The van der Waals surface area contributed by atoms with Gasteiger partial charge in [-0.05, 0) is 30.5 Å². The summed E-state index contributed by atoms with van der Waals surface area (Å²) in [5.41, 5.74) is 1.16. The number of halogens is 4. The molecule has 0 radical (unpaired) electrons. The number of rotatable bonds is 3. The minimum absolute atomic E-state index is 0.273. The van der Waals surface area contributed by atoms with Crippen LogP contribution in [0.4, 0.5) is 13.2 Å². The maximum atomic E-state index is 12.1. The Hall–Kier alpha value is -1.47. The summed E-state index contributed by atoms with van der Waals surface area (Å²) in [7, 11) is 0. The topological polar surface area (TPSA) is 35.0 Å². The van der Waals surface area contributed by atoms with Gasteiger partial charge in [0.15, 0.2) is 5.16 Å². The molecule has 20 heavy (non-hydrogen) atoms. The first-order valence-corrected chi connectivity index (χ1v) is 6.92. The van der Waals surface area contributed by atoms with Gasteiger partial charge < -0.3 is 4.74 Å². The van der Waals surface area contributed by atoms with Crippen molar-refractivity contribution in [3.05, 3.63) is 35.5 Å². The highest BCUT2D eigenvalue weighted by Gasteiger charge is 2.30. The van der Waals surface area contributed by atoms with Crippen LogP contribution < -0.4 is 4.74 Å². The van der Waals surface area contributed by atoms with Crippen molar-refractivity contribution in [3.8, 4) is 17.0 Å². The summed E-state index contributed by atoms with van der Waals surface area (Å²) >= 11 is 7.18. The van der Waals surface area contributed by atoms with Crippen molar-refractivity contribution in [2.24, 2.45) is 0 Å². The minimum Gasteiger partial charge on any atom is -0.406 e. The van der Waals surface area contributed by atoms with Gasteiger partial charge in [0.2, 0.25) is 0 Å². The lowest BCUT2D eigenvalue weighted by Crippen LogP contribution is -2.16. The van der Waals surface area contributed by atoms with Crippen LogP contribution in [-0.2, 0) is 0 Å². The van der Waals surface area contributed by atoms with E-state index in [1.54, 1.807) is 12.3 Å². The largest absolute Gasteiger partial charge is 0.573 e. The van der Waals surface area contributed by atoms with Gasteiger partial charge in [0, 0.05) is 11.6 Å². The maximum absolute atomic E-state index is 12.1. The Kier molecular flexibility index (Phi) is 4.39. The molecule has 0 atom stereocenters. The molecule has 1 heterocycles. The normalized spacial score (nSPS) is 11.4. The molecule has 0 aliphatic carbocycles. The highest BCUT2D eigenvalue weighted by molar-refractivity contribution is 7.98. The summed E-state index contributed by atoms with van der Waals surface area (Å²) in [6.07, 6.45) is -2.90. The average Bonchev–Trinajstić information content (AvgIpc) is 2.37. The molecule has 0 unspecified atom stereocenters. The third-order valence-electron chi connectivity index (χ3n) is 2.24. The van der Waals surface area contributed by atoms with E-state index in [1.165, 1.54) is 36.0 Å². The third kappa shape index (κ3) is 4.01. The van der Waals surface area contributed by atoms with Crippen molar-refractivity contribution in [1.82, 2.24) is 9.97 Å². The molecule has 0 bridgehead atoms. The monoisotopic (exact) mass is 320 g/mol. The second kappa shape index (κ2) is 5.88. The van der Waals surface area contributed by atoms with E-state index in [9.17, 15) is 13.2 Å². The minimum atomic E-state index is -4.70. The molecule has 0 fully saturated rings. The Bertz CT molecular complexity index is 605. The van der Waals surface area contributed by atoms with E-state index in [-0.39, 0.29) is 10.9 Å². The summed E-state index contributed by atoms with van der Waals surface area (Å²) in [6, 6.07) is 6.93. The second-order valence-electron chi connectivity index (χ2n) is 3.63. The first kappa shape index (κ1) is 14.9. The maximum Gasteiger partial charge on any atom is 0.573 e. The molecule has 2 aromatic rings. The van der Waals surface area contributed by atoms with Crippen molar-refractivity contribution in [2.75, 3.05) is 6.26 Å². The van der Waals surface area contributed by atoms with Crippen LogP contribution in [0.1, 0.15) is 0 Å². The van der Waals surface area contributed by atoms with E-state index in [1.807, 2.05) is 0 Å². The van der Waals surface area contributed by atoms with Crippen molar-refractivity contribution < 1.29 is 17.9 Å².